The van der Waals surface area contributed by atoms with Crippen molar-refractivity contribution >= 4 is 11.8 Å². The predicted octanol–water partition coefficient (Wildman–Crippen LogP) is 4.52. The van der Waals surface area contributed by atoms with Gasteiger partial charge >= 0.3 is 0 Å². The maximum absolute atomic E-state index is 12.9. The van der Waals surface area contributed by atoms with Crippen LogP contribution in [0, 0.1) is 5.82 Å². The van der Waals surface area contributed by atoms with Gasteiger partial charge in [0.25, 0.3) is 0 Å². The smallest absolute Gasteiger partial charge is 0.247 e. The number of nitrogens with zero attached hydrogens (tertiary/aromatic N) is 3. The van der Waals surface area contributed by atoms with E-state index in [0.717, 1.165) is 30.0 Å². The molecule has 3 aromatic rings. The fourth-order valence-corrected chi connectivity index (χ4v) is 3.24. The van der Waals surface area contributed by atoms with E-state index in [1.165, 1.54) is 12.1 Å². The molecule has 160 valence electrons. The summed E-state index contributed by atoms with van der Waals surface area (Å²) in [7, 11) is 4.10. The van der Waals surface area contributed by atoms with Crippen LogP contribution in [0.25, 0.3) is 11.5 Å². The molecule has 0 aliphatic heterocycles. The minimum Gasteiger partial charge on any atom is -0.494 e. The van der Waals surface area contributed by atoms with E-state index in [1.807, 2.05) is 38.4 Å². The lowest BCUT2D eigenvalue weighted by atomic mass is 10.2. The Morgan fingerprint density at radius 2 is 1.60 bits per heavy atom. The highest BCUT2D eigenvalue weighted by Gasteiger charge is 2.09. The molecule has 0 unspecified atom stereocenters. The average Bonchev–Trinajstić information content (AvgIpc) is 3.21. The minimum atomic E-state index is -0.272. The van der Waals surface area contributed by atoms with Crippen molar-refractivity contribution in [3.8, 4) is 23.0 Å². The van der Waals surface area contributed by atoms with Crippen molar-refractivity contribution < 1.29 is 18.3 Å². The van der Waals surface area contributed by atoms with E-state index in [1.54, 1.807) is 23.9 Å². The van der Waals surface area contributed by atoms with Crippen molar-refractivity contribution in [3.05, 3.63) is 60.2 Å². The summed E-state index contributed by atoms with van der Waals surface area (Å²) in [4.78, 5) is 2.14. The summed E-state index contributed by atoms with van der Waals surface area (Å²) in [6, 6.07) is 13.7. The molecular formula is C22H26FN3O3S. The molecule has 0 fully saturated rings. The number of ether oxygens (including phenoxy) is 2. The van der Waals surface area contributed by atoms with Crippen LogP contribution in [0.5, 0.6) is 11.5 Å². The third kappa shape index (κ3) is 7.35. The third-order valence-electron chi connectivity index (χ3n) is 4.12. The standard InChI is InChI=1S/C22H26FN3O3S/c1-26(2)12-3-13-27-19-8-4-17(5-9-19)22-25-24-21(29-22)16-30-15-14-28-20-10-6-18(23)7-11-20/h4-11H,3,12-16H2,1-2H3. The number of hydrogen-bond acceptors (Lipinski definition) is 7. The molecule has 0 radical (unpaired) electrons. The third-order valence-corrected chi connectivity index (χ3v) is 5.03. The quantitative estimate of drug-likeness (QED) is 0.391. The molecule has 0 aliphatic rings. The van der Waals surface area contributed by atoms with Crippen LogP contribution in [0.3, 0.4) is 0 Å². The molecule has 1 heterocycles. The van der Waals surface area contributed by atoms with E-state index >= 15 is 0 Å². The van der Waals surface area contributed by atoms with Gasteiger partial charge in [-0.1, -0.05) is 0 Å². The number of halogens is 1. The van der Waals surface area contributed by atoms with Crippen molar-refractivity contribution in [1.29, 1.82) is 0 Å². The summed E-state index contributed by atoms with van der Waals surface area (Å²) in [6.07, 6.45) is 0.981. The lowest BCUT2D eigenvalue weighted by Gasteiger charge is -2.10. The molecule has 0 atom stereocenters. The molecule has 0 bridgehead atoms. The van der Waals surface area contributed by atoms with Gasteiger partial charge in [-0.3, -0.25) is 0 Å². The molecule has 2 aromatic carbocycles. The van der Waals surface area contributed by atoms with Crippen molar-refractivity contribution in [1.82, 2.24) is 15.1 Å². The van der Waals surface area contributed by atoms with Crippen molar-refractivity contribution in [3.63, 3.8) is 0 Å². The second kappa shape index (κ2) is 11.6. The van der Waals surface area contributed by atoms with E-state index in [-0.39, 0.29) is 5.82 Å². The molecule has 30 heavy (non-hydrogen) atoms. The first-order valence-corrected chi connectivity index (χ1v) is 10.9. The Balaban J connectivity index is 1.38. The number of hydrogen-bond donors (Lipinski definition) is 0. The largest absolute Gasteiger partial charge is 0.494 e. The zero-order valence-electron chi connectivity index (χ0n) is 17.2. The molecule has 0 amide bonds. The first kappa shape index (κ1) is 22.1. The topological polar surface area (TPSA) is 60.6 Å². The summed E-state index contributed by atoms with van der Waals surface area (Å²) in [5.74, 6) is 3.64. The first-order valence-electron chi connectivity index (χ1n) is 9.76. The molecule has 0 saturated carbocycles. The molecule has 3 rings (SSSR count). The highest BCUT2D eigenvalue weighted by atomic mass is 32.2. The van der Waals surface area contributed by atoms with Crippen LogP contribution in [0.4, 0.5) is 4.39 Å². The molecule has 0 N–H and O–H groups in total. The highest BCUT2D eigenvalue weighted by molar-refractivity contribution is 7.98. The monoisotopic (exact) mass is 431 g/mol. The SMILES string of the molecule is CN(C)CCCOc1ccc(-c2nnc(CSCCOc3ccc(F)cc3)o2)cc1. The van der Waals surface area contributed by atoms with E-state index in [4.69, 9.17) is 13.9 Å². The number of benzene rings is 2. The van der Waals surface area contributed by atoms with Gasteiger partial charge in [0.2, 0.25) is 11.8 Å². The number of thioether (sulfide) groups is 1. The van der Waals surface area contributed by atoms with Crippen molar-refractivity contribution in [2.24, 2.45) is 0 Å². The summed E-state index contributed by atoms with van der Waals surface area (Å²) in [5, 5.41) is 8.22. The van der Waals surface area contributed by atoms with Crippen LogP contribution in [0.2, 0.25) is 0 Å². The summed E-state index contributed by atoms with van der Waals surface area (Å²) >= 11 is 1.63. The van der Waals surface area contributed by atoms with Gasteiger partial charge in [-0.2, -0.15) is 0 Å². The van der Waals surface area contributed by atoms with Gasteiger partial charge in [-0.15, -0.1) is 22.0 Å². The van der Waals surface area contributed by atoms with Gasteiger partial charge in [0, 0.05) is 17.9 Å². The second-order valence-electron chi connectivity index (χ2n) is 6.89. The maximum Gasteiger partial charge on any atom is 0.247 e. The lowest BCUT2D eigenvalue weighted by molar-refractivity contribution is 0.281. The Bertz CT molecular complexity index is 885. The molecule has 6 nitrogen and oxygen atoms in total. The van der Waals surface area contributed by atoms with Gasteiger partial charge in [-0.25, -0.2) is 4.39 Å². The fraction of sp³-hybridized carbons (Fsp3) is 0.364. The Kier molecular flexibility index (Phi) is 8.53. The highest BCUT2D eigenvalue weighted by Crippen LogP contribution is 2.23. The Morgan fingerprint density at radius 1 is 0.933 bits per heavy atom. The van der Waals surface area contributed by atoms with Crippen LogP contribution in [0.15, 0.2) is 52.9 Å². The zero-order valence-corrected chi connectivity index (χ0v) is 18.0. The van der Waals surface area contributed by atoms with Gasteiger partial charge in [0.15, 0.2) is 0 Å². The molecule has 0 spiro atoms. The van der Waals surface area contributed by atoms with Gasteiger partial charge < -0.3 is 18.8 Å². The Hall–Kier alpha value is -2.58. The van der Waals surface area contributed by atoms with E-state index in [9.17, 15) is 4.39 Å². The van der Waals surface area contributed by atoms with Gasteiger partial charge in [0.1, 0.15) is 17.3 Å². The van der Waals surface area contributed by atoms with E-state index in [2.05, 4.69) is 15.1 Å². The normalized spacial score (nSPS) is 11.1. The van der Waals surface area contributed by atoms with Crippen LogP contribution in [-0.4, -0.2) is 54.7 Å². The summed E-state index contributed by atoms with van der Waals surface area (Å²) in [6.45, 7) is 2.21. The lowest BCUT2D eigenvalue weighted by Crippen LogP contribution is -2.15. The average molecular weight is 432 g/mol. The fourth-order valence-electron chi connectivity index (χ4n) is 2.60. The number of rotatable bonds is 12. The maximum atomic E-state index is 12.9. The Morgan fingerprint density at radius 3 is 2.30 bits per heavy atom. The molecule has 0 aliphatic carbocycles. The molecular weight excluding hydrogens is 405 g/mol. The zero-order chi connectivity index (χ0) is 21.2. The Labute approximate surface area is 180 Å². The molecule has 1 aromatic heterocycles. The van der Waals surface area contributed by atoms with E-state index < -0.39 is 0 Å². The summed E-state index contributed by atoms with van der Waals surface area (Å²) in [5.41, 5.74) is 0.860. The molecule has 0 saturated heterocycles. The van der Waals surface area contributed by atoms with Crippen LogP contribution >= 0.6 is 11.8 Å². The van der Waals surface area contributed by atoms with Crippen molar-refractivity contribution in [2.75, 3.05) is 39.6 Å². The summed E-state index contributed by atoms with van der Waals surface area (Å²) < 4.78 is 29.9. The van der Waals surface area contributed by atoms with Crippen LogP contribution in [-0.2, 0) is 5.75 Å². The first-order chi connectivity index (χ1) is 14.6. The predicted molar refractivity (Wildman–Crippen MR) is 116 cm³/mol. The molecule has 8 heteroatoms. The van der Waals surface area contributed by atoms with Crippen LogP contribution < -0.4 is 9.47 Å². The van der Waals surface area contributed by atoms with Gasteiger partial charge in [-0.05, 0) is 69.0 Å². The second-order valence-corrected chi connectivity index (χ2v) is 7.99. The van der Waals surface area contributed by atoms with E-state index in [0.29, 0.717) is 36.5 Å². The van der Waals surface area contributed by atoms with Gasteiger partial charge in [0.05, 0.1) is 19.0 Å². The van der Waals surface area contributed by atoms with Crippen LogP contribution in [0.1, 0.15) is 12.3 Å². The number of aromatic nitrogens is 2. The van der Waals surface area contributed by atoms with Crippen molar-refractivity contribution in [2.45, 2.75) is 12.2 Å². The minimum absolute atomic E-state index is 0.272.